The van der Waals surface area contributed by atoms with Crippen LogP contribution in [0.2, 0.25) is 0 Å². The zero-order valence-electron chi connectivity index (χ0n) is 16.2. The summed E-state index contributed by atoms with van der Waals surface area (Å²) in [5, 5.41) is 2.82. The molecule has 0 saturated heterocycles. The van der Waals surface area contributed by atoms with Crippen LogP contribution in [-0.4, -0.2) is 52.4 Å². The van der Waals surface area contributed by atoms with E-state index < -0.39 is 10.0 Å². The van der Waals surface area contributed by atoms with Gasteiger partial charge in [-0.05, 0) is 35.4 Å². The second-order valence-electron chi connectivity index (χ2n) is 7.09. The van der Waals surface area contributed by atoms with Crippen LogP contribution in [0.4, 0.5) is 5.69 Å². The SMILES string of the molecule is CN(C)S(=O)(=O)c1cccc(NC(=O)C[NH+]2CC=C(c3ccccc3)CC2)c1. The smallest absolute Gasteiger partial charge is 0.279 e. The fourth-order valence-electron chi connectivity index (χ4n) is 3.24. The standard InChI is InChI=1S/C21H25N3O3S/c1-23(2)28(26,27)20-10-6-9-19(15-20)22-21(25)16-24-13-11-18(12-14-24)17-7-4-3-5-8-17/h3-11,15H,12-14,16H2,1-2H3,(H,22,25)/p+1. The van der Waals surface area contributed by atoms with Crippen molar-refractivity contribution in [1.29, 1.82) is 0 Å². The molecule has 1 aliphatic heterocycles. The van der Waals surface area contributed by atoms with Gasteiger partial charge in [0.1, 0.15) is 0 Å². The summed E-state index contributed by atoms with van der Waals surface area (Å²) in [6, 6.07) is 16.6. The highest BCUT2D eigenvalue weighted by Crippen LogP contribution is 2.19. The van der Waals surface area contributed by atoms with Gasteiger partial charge in [-0.25, -0.2) is 12.7 Å². The van der Waals surface area contributed by atoms with Crippen molar-refractivity contribution in [3.63, 3.8) is 0 Å². The van der Waals surface area contributed by atoms with E-state index in [1.807, 2.05) is 18.2 Å². The van der Waals surface area contributed by atoms with E-state index >= 15 is 0 Å². The average molecular weight is 401 g/mol. The quantitative estimate of drug-likeness (QED) is 0.767. The van der Waals surface area contributed by atoms with Crippen LogP contribution in [0.15, 0.2) is 65.6 Å². The molecule has 2 aromatic carbocycles. The molecule has 0 bridgehead atoms. The molecule has 28 heavy (non-hydrogen) atoms. The highest BCUT2D eigenvalue weighted by Gasteiger charge is 2.20. The molecule has 6 nitrogen and oxygen atoms in total. The van der Waals surface area contributed by atoms with E-state index in [0.29, 0.717) is 12.2 Å². The van der Waals surface area contributed by atoms with E-state index in [9.17, 15) is 13.2 Å². The number of benzene rings is 2. The molecule has 1 unspecified atom stereocenters. The molecular formula is C21H26N3O3S+. The predicted octanol–water partition coefficient (Wildman–Crippen LogP) is 1.25. The van der Waals surface area contributed by atoms with Crippen LogP contribution in [0.25, 0.3) is 5.57 Å². The third-order valence-electron chi connectivity index (χ3n) is 4.84. The highest BCUT2D eigenvalue weighted by molar-refractivity contribution is 7.89. The van der Waals surface area contributed by atoms with Gasteiger partial charge in [-0.3, -0.25) is 4.79 Å². The summed E-state index contributed by atoms with van der Waals surface area (Å²) >= 11 is 0. The lowest BCUT2D eigenvalue weighted by Gasteiger charge is -2.23. The molecule has 0 fully saturated rings. The van der Waals surface area contributed by atoms with E-state index in [1.54, 1.807) is 12.1 Å². The molecule has 2 aromatic rings. The monoisotopic (exact) mass is 400 g/mol. The van der Waals surface area contributed by atoms with E-state index in [1.165, 1.54) is 42.3 Å². The third-order valence-corrected chi connectivity index (χ3v) is 6.65. The van der Waals surface area contributed by atoms with Crippen molar-refractivity contribution < 1.29 is 18.1 Å². The molecular weight excluding hydrogens is 374 g/mol. The Hall–Kier alpha value is -2.48. The van der Waals surface area contributed by atoms with Crippen molar-refractivity contribution in [2.75, 3.05) is 39.0 Å². The number of sulfonamides is 1. The summed E-state index contributed by atoms with van der Waals surface area (Å²) in [4.78, 5) is 13.8. The molecule has 3 rings (SSSR count). The van der Waals surface area contributed by atoms with Gasteiger partial charge in [-0.1, -0.05) is 36.4 Å². The number of hydrogen-bond acceptors (Lipinski definition) is 3. The van der Waals surface area contributed by atoms with Gasteiger partial charge in [0, 0.05) is 26.2 Å². The van der Waals surface area contributed by atoms with Crippen molar-refractivity contribution in [2.45, 2.75) is 11.3 Å². The number of carbonyl (C=O) groups excluding carboxylic acids is 1. The topological polar surface area (TPSA) is 70.9 Å². The van der Waals surface area contributed by atoms with Crippen molar-refractivity contribution in [2.24, 2.45) is 0 Å². The minimum Gasteiger partial charge on any atom is -0.324 e. The first-order chi connectivity index (χ1) is 13.4. The highest BCUT2D eigenvalue weighted by atomic mass is 32.2. The van der Waals surface area contributed by atoms with E-state index in [2.05, 4.69) is 23.5 Å². The fourth-order valence-corrected chi connectivity index (χ4v) is 4.18. The molecule has 0 aromatic heterocycles. The number of nitrogens with one attached hydrogen (secondary N) is 2. The van der Waals surface area contributed by atoms with Crippen LogP contribution in [0.3, 0.4) is 0 Å². The van der Waals surface area contributed by atoms with Gasteiger partial charge in [0.05, 0.1) is 18.0 Å². The summed E-state index contributed by atoms with van der Waals surface area (Å²) in [6.07, 6.45) is 3.13. The van der Waals surface area contributed by atoms with Crippen molar-refractivity contribution in [3.05, 3.63) is 66.2 Å². The molecule has 0 saturated carbocycles. The van der Waals surface area contributed by atoms with Crippen LogP contribution in [0.1, 0.15) is 12.0 Å². The number of amides is 1. The molecule has 1 amide bonds. The molecule has 1 heterocycles. The molecule has 2 N–H and O–H groups in total. The lowest BCUT2D eigenvalue weighted by atomic mass is 10.00. The fraction of sp³-hybridized carbons (Fsp3) is 0.286. The van der Waals surface area contributed by atoms with Gasteiger partial charge in [-0.2, -0.15) is 0 Å². The van der Waals surface area contributed by atoms with Gasteiger partial charge in [0.2, 0.25) is 10.0 Å². The normalized spacial score (nSPS) is 17.2. The average Bonchev–Trinajstić information content (AvgIpc) is 2.69. The largest absolute Gasteiger partial charge is 0.324 e. The second kappa shape index (κ2) is 8.68. The molecule has 0 spiro atoms. The number of rotatable bonds is 6. The number of quaternary nitrogens is 1. The summed E-state index contributed by atoms with van der Waals surface area (Å²) in [6.45, 7) is 2.04. The molecule has 7 heteroatoms. The number of anilines is 1. The van der Waals surface area contributed by atoms with Gasteiger partial charge in [0.25, 0.3) is 5.91 Å². The first-order valence-electron chi connectivity index (χ1n) is 9.27. The van der Waals surface area contributed by atoms with Crippen molar-refractivity contribution in [3.8, 4) is 0 Å². The van der Waals surface area contributed by atoms with Crippen LogP contribution < -0.4 is 10.2 Å². The maximum absolute atomic E-state index is 12.4. The van der Waals surface area contributed by atoms with Crippen molar-refractivity contribution >= 4 is 27.2 Å². The second-order valence-corrected chi connectivity index (χ2v) is 9.24. The minimum atomic E-state index is -3.53. The Morgan fingerprint density at radius 1 is 1.11 bits per heavy atom. The van der Waals surface area contributed by atoms with Crippen LogP contribution >= 0.6 is 0 Å². The van der Waals surface area contributed by atoms with Gasteiger partial charge in [-0.15, -0.1) is 0 Å². The number of hydrogen-bond donors (Lipinski definition) is 2. The summed E-state index contributed by atoms with van der Waals surface area (Å²) in [5.41, 5.74) is 3.06. The molecule has 0 radical (unpaired) electrons. The lowest BCUT2D eigenvalue weighted by molar-refractivity contribution is -0.886. The molecule has 1 atom stereocenters. The predicted molar refractivity (Wildman–Crippen MR) is 111 cm³/mol. The Kier molecular flexibility index (Phi) is 6.28. The van der Waals surface area contributed by atoms with Gasteiger partial charge < -0.3 is 10.2 Å². The zero-order chi connectivity index (χ0) is 20.1. The van der Waals surface area contributed by atoms with E-state index in [0.717, 1.165) is 23.8 Å². The maximum Gasteiger partial charge on any atom is 0.279 e. The third kappa shape index (κ3) is 4.86. The van der Waals surface area contributed by atoms with Gasteiger partial charge >= 0.3 is 0 Å². The summed E-state index contributed by atoms with van der Waals surface area (Å²) in [7, 11) is -0.559. The van der Waals surface area contributed by atoms with Crippen LogP contribution in [0, 0.1) is 0 Å². The van der Waals surface area contributed by atoms with Gasteiger partial charge in [0.15, 0.2) is 6.54 Å². The zero-order valence-corrected chi connectivity index (χ0v) is 17.0. The lowest BCUT2D eigenvalue weighted by Crippen LogP contribution is -3.13. The van der Waals surface area contributed by atoms with Crippen LogP contribution in [-0.2, 0) is 14.8 Å². The molecule has 148 valence electrons. The Balaban J connectivity index is 1.59. The van der Waals surface area contributed by atoms with E-state index in [4.69, 9.17) is 0 Å². The first kappa shape index (κ1) is 20.3. The Labute approximate surface area is 166 Å². The van der Waals surface area contributed by atoms with Crippen LogP contribution in [0.5, 0.6) is 0 Å². The Morgan fingerprint density at radius 2 is 1.86 bits per heavy atom. The Morgan fingerprint density at radius 3 is 2.50 bits per heavy atom. The summed E-state index contributed by atoms with van der Waals surface area (Å²) < 4.78 is 25.6. The number of nitrogens with zero attached hydrogens (tertiary/aromatic N) is 1. The maximum atomic E-state index is 12.4. The summed E-state index contributed by atoms with van der Waals surface area (Å²) in [5.74, 6) is -0.119. The minimum absolute atomic E-state index is 0.119. The Bertz CT molecular complexity index is 969. The number of carbonyl (C=O) groups is 1. The van der Waals surface area contributed by atoms with Crippen molar-refractivity contribution in [1.82, 2.24) is 4.31 Å². The molecule has 1 aliphatic rings. The van der Waals surface area contributed by atoms with E-state index in [-0.39, 0.29) is 10.8 Å². The first-order valence-corrected chi connectivity index (χ1v) is 10.7. The molecule has 0 aliphatic carbocycles.